The zero-order chi connectivity index (χ0) is 11.2. The number of ether oxygens (including phenoxy) is 1. The van der Waals surface area contributed by atoms with Crippen LogP contribution in [0.25, 0.3) is 10.9 Å². The molecule has 0 saturated heterocycles. The predicted octanol–water partition coefficient (Wildman–Crippen LogP) is 2.22. The summed E-state index contributed by atoms with van der Waals surface area (Å²) in [7, 11) is 0. The van der Waals surface area contributed by atoms with Crippen molar-refractivity contribution in [2.24, 2.45) is 0 Å². The summed E-state index contributed by atoms with van der Waals surface area (Å²) >= 11 is 0. The van der Waals surface area contributed by atoms with E-state index in [0.717, 1.165) is 29.7 Å². The van der Waals surface area contributed by atoms with Gasteiger partial charge in [-0.25, -0.2) is 0 Å². The van der Waals surface area contributed by atoms with Gasteiger partial charge in [0.2, 0.25) is 0 Å². The number of nitrogens with one attached hydrogen (secondary N) is 1. The number of rotatable bonds is 5. The molecule has 0 fully saturated rings. The Morgan fingerprint density at radius 3 is 3.00 bits per heavy atom. The van der Waals surface area contributed by atoms with Crippen molar-refractivity contribution in [3.8, 4) is 5.75 Å². The number of hydrogen-bond donors (Lipinski definition) is 1. The van der Waals surface area contributed by atoms with Gasteiger partial charge in [0.25, 0.3) is 0 Å². The molecule has 0 bridgehead atoms. The number of aromatic nitrogens is 1. The summed E-state index contributed by atoms with van der Waals surface area (Å²) in [6, 6.07) is 9.92. The van der Waals surface area contributed by atoms with E-state index >= 15 is 0 Å². The molecule has 16 heavy (non-hydrogen) atoms. The maximum Gasteiger partial charge on any atom is 0.130 e. The van der Waals surface area contributed by atoms with Crippen LogP contribution in [0.1, 0.15) is 6.92 Å². The van der Waals surface area contributed by atoms with Crippen LogP contribution in [-0.4, -0.2) is 24.7 Å². The van der Waals surface area contributed by atoms with Gasteiger partial charge in [0.15, 0.2) is 0 Å². The van der Waals surface area contributed by atoms with E-state index in [-0.39, 0.29) is 0 Å². The zero-order valence-electron chi connectivity index (χ0n) is 9.44. The number of para-hydroxylation sites is 1. The number of hydrogen-bond acceptors (Lipinski definition) is 3. The second-order valence-electron chi connectivity index (χ2n) is 3.53. The van der Waals surface area contributed by atoms with E-state index in [0.29, 0.717) is 6.61 Å². The van der Waals surface area contributed by atoms with Crippen molar-refractivity contribution in [2.75, 3.05) is 19.7 Å². The average molecular weight is 216 g/mol. The van der Waals surface area contributed by atoms with Crippen LogP contribution in [0.4, 0.5) is 0 Å². The molecular weight excluding hydrogens is 200 g/mol. The van der Waals surface area contributed by atoms with Gasteiger partial charge >= 0.3 is 0 Å². The Morgan fingerprint density at radius 1 is 1.25 bits per heavy atom. The van der Waals surface area contributed by atoms with Gasteiger partial charge in [0, 0.05) is 18.1 Å². The molecule has 0 saturated carbocycles. The molecule has 0 radical (unpaired) electrons. The van der Waals surface area contributed by atoms with Gasteiger partial charge in [-0.05, 0) is 24.7 Å². The normalized spacial score (nSPS) is 10.6. The Morgan fingerprint density at radius 2 is 2.12 bits per heavy atom. The first-order valence-electron chi connectivity index (χ1n) is 5.59. The minimum atomic E-state index is 0.682. The van der Waals surface area contributed by atoms with Crippen LogP contribution in [0.3, 0.4) is 0 Å². The highest BCUT2D eigenvalue weighted by Crippen LogP contribution is 2.22. The second-order valence-corrected chi connectivity index (χ2v) is 3.53. The van der Waals surface area contributed by atoms with Crippen molar-refractivity contribution >= 4 is 10.9 Å². The molecule has 3 heteroatoms. The van der Waals surface area contributed by atoms with Gasteiger partial charge in [-0.1, -0.05) is 19.1 Å². The van der Waals surface area contributed by atoms with Crippen molar-refractivity contribution in [3.63, 3.8) is 0 Å². The third kappa shape index (κ3) is 2.49. The van der Waals surface area contributed by atoms with E-state index in [1.165, 1.54) is 0 Å². The van der Waals surface area contributed by atoms with E-state index in [1.807, 2.05) is 30.3 Å². The highest BCUT2D eigenvalue weighted by Gasteiger charge is 2.01. The fourth-order valence-electron chi connectivity index (χ4n) is 1.61. The largest absolute Gasteiger partial charge is 0.492 e. The Hall–Kier alpha value is -1.61. The van der Waals surface area contributed by atoms with Gasteiger partial charge in [-0.2, -0.15) is 0 Å². The summed E-state index contributed by atoms with van der Waals surface area (Å²) in [6.45, 7) is 4.61. The Balaban J connectivity index is 2.11. The van der Waals surface area contributed by atoms with Crippen LogP contribution >= 0.6 is 0 Å². The summed E-state index contributed by atoms with van der Waals surface area (Å²) in [5, 5.41) is 4.30. The predicted molar refractivity (Wildman–Crippen MR) is 65.8 cm³/mol. The lowest BCUT2D eigenvalue weighted by Gasteiger charge is -2.08. The summed E-state index contributed by atoms with van der Waals surface area (Å²) < 4.78 is 5.72. The minimum absolute atomic E-state index is 0.682. The molecule has 0 aliphatic carbocycles. The fourth-order valence-corrected chi connectivity index (χ4v) is 1.61. The SMILES string of the molecule is CCNCCOc1ccnc2ccccc12. The smallest absolute Gasteiger partial charge is 0.130 e. The van der Waals surface area contributed by atoms with E-state index in [4.69, 9.17) is 4.74 Å². The number of benzene rings is 1. The molecule has 0 aliphatic rings. The van der Waals surface area contributed by atoms with Crippen LogP contribution in [-0.2, 0) is 0 Å². The zero-order valence-corrected chi connectivity index (χ0v) is 9.44. The van der Waals surface area contributed by atoms with Crippen LogP contribution in [0.5, 0.6) is 5.75 Å². The van der Waals surface area contributed by atoms with Crippen molar-refractivity contribution in [2.45, 2.75) is 6.92 Å². The molecule has 1 heterocycles. The van der Waals surface area contributed by atoms with Crippen LogP contribution < -0.4 is 10.1 Å². The summed E-state index contributed by atoms with van der Waals surface area (Å²) in [4.78, 5) is 4.29. The lowest BCUT2D eigenvalue weighted by atomic mass is 10.2. The number of likely N-dealkylation sites (N-methyl/N-ethyl adjacent to an activating group) is 1. The lowest BCUT2D eigenvalue weighted by Crippen LogP contribution is -2.20. The third-order valence-electron chi connectivity index (χ3n) is 2.40. The highest BCUT2D eigenvalue weighted by molar-refractivity contribution is 5.84. The standard InChI is InChI=1S/C13H16N2O/c1-2-14-9-10-16-13-7-8-15-12-6-4-3-5-11(12)13/h3-8,14H,2,9-10H2,1H3. The number of fused-ring (bicyclic) bond motifs is 1. The number of pyridine rings is 1. The molecular formula is C13H16N2O. The molecule has 0 atom stereocenters. The highest BCUT2D eigenvalue weighted by atomic mass is 16.5. The molecule has 3 nitrogen and oxygen atoms in total. The van der Waals surface area contributed by atoms with E-state index < -0.39 is 0 Å². The molecule has 0 unspecified atom stereocenters. The molecule has 84 valence electrons. The minimum Gasteiger partial charge on any atom is -0.492 e. The molecule has 2 aromatic rings. The number of nitrogens with zero attached hydrogens (tertiary/aromatic N) is 1. The molecule has 0 spiro atoms. The fraction of sp³-hybridized carbons (Fsp3) is 0.308. The maximum atomic E-state index is 5.72. The van der Waals surface area contributed by atoms with Gasteiger partial charge < -0.3 is 10.1 Å². The van der Waals surface area contributed by atoms with Gasteiger partial charge in [-0.3, -0.25) is 4.98 Å². The van der Waals surface area contributed by atoms with Crippen molar-refractivity contribution in [1.82, 2.24) is 10.3 Å². The summed E-state index contributed by atoms with van der Waals surface area (Å²) in [5.41, 5.74) is 0.975. The van der Waals surface area contributed by atoms with Gasteiger partial charge in [-0.15, -0.1) is 0 Å². The molecule has 0 amide bonds. The second kappa shape index (κ2) is 5.47. The van der Waals surface area contributed by atoms with Crippen LogP contribution in [0.2, 0.25) is 0 Å². The third-order valence-corrected chi connectivity index (χ3v) is 2.40. The molecule has 1 aromatic carbocycles. The summed E-state index contributed by atoms with van der Waals surface area (Å²) in [5.74, 6) is 0.906. The maximum absolute atomic E-state index is 5.72. The average Bonchev–Trinajstić information content (AvgIpc) is 2.35. The van der Waals surface area contributed by atoms with E-state index in [9.17, 15) is 0 Å². The molecule has 1 aromatic heterocycles. The first-order chi connectivity index (χ1) is 7.92. The monoisotopic (exact) mass is 216 g/mol. The first-order valence-corrected chi connectivity index (χ1v) is 5.59. The van der Waals surface area contributed by atoms with Gasteiger partial charge in [0.05, 0.1) is 5.52 Å². The molecule has 2 rings (SSSR count). The van der Waals surface area contributed by atoms with Crippen LogP contribution in [0, 0.1) is 0 Å². The van der Waals surface area contributed by atoms with Crippen molar-refractivity contribution < 1.29 is 4.74 Å². The van der Waals surface area contributed by atoms with Crippen LogP contribution in [0.15, 0.2) is 36.5 Å². The molecule has 1 N–H and O–H groups in total. The van der Waals surface area contributed by atoms with E-state index in [1.54, 1.807) is 6.20 Å². The topological polar surface area (TPSA) is 34.1 Å². The Kier molecular flexibility index (Phi) is 3.72. The van der Waals surface area contributed by atoms with E-state index in [2.05, 4.69) is 17.2 Å². The quantitative estimate of drug-likeness (QED) is 0.778. The molecule has 0 aliphatic heterocycles. The Labute approximate surface area is 95.5 Å². The van der Waals surface area contributed by atoms with Crippen molar-refractivity contribution in [1.29, 1.82) is 0 Å². The lowest BCUT2D eigenvalue weighted by molar-refractivity contribution is 0.319. The summed E-state index contributed by atoms with van der Waals surface area (Å²) in [6.07, 6.45) is 1.78. The Bertz CT molecular complexity index is 451. The first kappa shape index (κ1) is 10.9. The van der Waals surface area contributed by atoms with Gasteiger partial charge in [0.1, 0.15) is 12.4 Å². The van der Waals surface area contributed by atoms with Crippen molar-refractivity contribution in [3.05, 3.63) is 36.5 Å².